The van der Waals surface area contributed by atoms with Gasteiger partial charge >= 0.3 is 0 Å². The third-order valence-corrected chi connectivity index (χ3v) is 6.11. The van der Waals surface area contributed by atoms with E-state index in [1.165, 1.54) is 38.5 Å². The highest BCUT2D eigenvalue weighted by Gasteiger charge is 2.25. The van der Waals surface area contributed by atoms with Gasteiger partial charge in [0.2, 0.25) is 5.91 Å². The number of amides is 1. The van der Waals surface area contributed by atoms with Crippen molar-refractivity contribution in [1.29, 1.82) is 0 Å². The third kappa shape index (κ3) is 15.6. The van der Waals surface area contributed by atoms with E-state index >= 15 is 0 Å². The smallest absolute Gasteiger partial charge is 0.224 e. The molecule has 0 radical (unpaired) electrons. The van der Waals surface area contributed by atoms with Crippen LogP contribution in [0, 0.1) is 0 Å². The maximum Gasteiger partial charge on any atom is 0.224 e. The van der Waals surface area contributed by atoms with Gasteiger partial charge in [0.25, 0.3) is 0 Å². The van der Waals surface area contributed by atoms with E-state index in [1.807, 2.05) is 0 Å². The summed E-state index contributed by atoms with van der Waals surface area (Å²) >= 11 is 0. The zero-order chi connectivity index (χ0) is 22.0. The van der Waals surface area contributed by atoms with Crippen molar-refractivity contribution < 1.29 is 14.4 Å². The van der Waals surface area contributed by atoms with Crippen LogP contribution in [0.15, 0.2) is 12.2 Å². The molecule has 0 aromatic heterocycles. The number of nitrogens with zero attached hydrogens (tertiary/aromatic N) is 1. The minimum absolute atomic E-state index is 0.164. The molecule has 0 aromatic rings. The van der Waals surface area contributed by atoms with Gasteiger partial charge in [0.05, 0.1) is 26.7 Å². The Labute approximate surface area is 181 Å². The maximum absolute atomic E-state index is 12.2. The fourth-order valence-corrected chi connectivity index (χ4v) is 3.62. The molecule has 0 fully saturated rings. The Kier molecular flexibility index (Phi) is 17.4. The van der Waals surface area contributed by atoms with Crippen LogP contribution in [-0.4, -0.2) is 48.4 Å². The molecule has 0 spiro atoms. The molecule has 0 aliphatic rings. The van der Waals surface area contributed by atoms with E-state index < -0.39 is 0 Å². The van der Waals surface area contributed by atoms with E-state index in [1.54, 1.807) is 0 Å². The van der Waals surface area contributed by atoms with E-state index in [9.17, 15) is 9.90 Å². The first-order valence-corrected chi connectivity index (χ1v) is 12.3. The van der Waals surface area contributed by atoms with E-state index in [2.05, 4.69) is 52.3 Å². The second kappa shape index (κ2) is 17.9. The predicted molar refractivity (Wildman–Crippen MR) is 126 cm³/mol. The number of allylic oxidation sites excluding steroid dienone is 1. The summed E-state index contributed by atoms with van der Waals surface area (Å²) in [7, 11) is 4.36. The molecule has 2 atom stereocenters. The lowest BCUT2D eigenvalue weighted by atomic mass is 10.1. The highest BCUT2D eigenvalue weighted by molar-refractivity contribution is 5.75. The van der Waals surface area contributed by atoms with E-state index in [4.69, 9.17) is 0 Å². The zero-order valence-electron chi connectivity index (χ0n) is 20.2. The summed E-state index contributed by atoms with van der Waals surface area (Å²) in [6, 6.07) is 0. The number of carbonyl (C=O) groups is 1. The number of unbranched alkanes of at least 4 members (excludes halogenated alkanes) is 8. The van der Waals surface area contributed by atoms with Gasteiger partial charge in [0.1, 0.15) is 0 Å². The minimum Gasteiger partial charge on any atom is -0.393 e. The maximum atomic E-state index is 12.2. The summed E-state index contributed by atoms with van der Waals surface area (Å²) in [5.41, 5.74) is 0. The van der Waals surface area contributed by atoms with E-state index in [0.717, 1.165) is 56.0 Å². The van der Waals surface area contributed by atoms with Crippen molar-refractivity contribution in [3.63, 3.8) is 0 Å². The lowest BCUT2D eigenvalue weighted by Gasteiger charge is -2.36. The topological polar surface area (TPSA) is 49.3 Å². The molecule has 29 heavy (non-hydrogen) atoms. The molecule has 4 nitrogen and oxygen atoms in total. The summed E-state index contributed by atoms with van der Waals surface area (Å²) in [6.45, 7) is 7.54. The Morgan fingerprint density at radius 1 is 0.931 bits per heavy atom. The van der Waals surface area contributed by atoms with Crippen LogP contribution in [-0.2, 0) is 4.79 Å². The van der Waals surface area contributed by atoms with Crippen LogP contribution in [0.5, 0.6) is 0 Å². The van der Waals surface area contributed by atoms with Crippen LogP contribution in [0.4, 0.5) is 0 Å². The molecular formula is C25H51N2O2+. The number of aliphatic hydroxyl groups is 1. The number of hydrogen-bond donors (Lipinski definition) is 2. The predicted octanol–water partition coefficient (Wildman–Crippen LogP) is 5.94. The van der Waals surface area contributed by atoms with E-state index in [0.29, 0.717) is 6.42 Å². The Morgan fingerprint density at radius 2 is 1.59 bits per heavy atom. The number of quaternary nitrogens is 1. The van der Waals surface area contributed by atoms with Gasteiger partial charge in [-0.1, -0.05) is 70.9 Å². The van der Waals surface area contributed by atoms with Crippen molar-refractivity contribution in [1.82, 2.24) is 5.32 Å². The van der Waals surface area contributed by atoms with Crippen molar-refractivity contribution in [2.75, 3.05) is 20.6 Å². The molecule has 0 saturated heterocycles. The van der Waals surface area contributed by atoms with Crippen LogP contribution < -0.4 is 5.32 Å². The van der Waals surface area contributed by atoms with Gasteiger partial charge in [0.15, 0.2) is 6.17 Å². The molecule has 1 unspecified atom stereocenters. The van der Waals surface area contributed by atoms with Crippen molar-refractivity contribution in [2.45, 2.75) is 123 Å². The average Bonchev–Trinajstić information content (AvgIpc) is 2.70. The van der Waals surface area contributed by atoms with Crippen molar-refractivity contribution in [3.05, 3.63) is 12.2 Å². The molecule has 0 heterocycles. The number of nitrogens with one attached hydrogen (secondary N) is 1. The average molecular weight is 412 g/mol. The normalized spacial score (nSPS) is 14.3. The lowest BCUT2D eigenvalue weighted by Crippen LogP contribution is -2.57. The quantitative estimate of drug-likeness (QED) is 0.119. The zero-order valence-corrected chi connectivity index (χ0v) is 20.2. The summed E-state index contributed by atoms with van der Waals surface area (Å²) < 4.78 is 0.839. The lowest BCUT2D eigenvalue weighted by molar-refractivity contribution is -0.915. The van der Waals surface area contributed by atoms with Crippen molar-refractivity contribution in [2.24, 2.45) is 0 Å². The Hall–Kier alpha value is -0.870. The highest BCUT2D eigenvalue weighted by Crippen LogP contribution is 2.11. The minimum atomic E-state index is -0.164. The van der Waals surface area contributed by atoms with Gasteiger partial charge in [-0.05, 0) is 39.0 Å². The summed E-state index contributed by atoms with van der Waals surface area (Å²) in [4.78, 5) is 12.2. The second-order valence-corrected chi connectivity index (χ2v) is 9.10. The Morgan fingerprint density at radius 3 is 2.24 bits per heavy atom. The molecule has 0 aliphatic heterocycles. The molecule has 0 aliphatic carbocycles. The van der Waals surface area contributed by atoms with Gasteiger partial charge in [0, 0.05) is 12.8 Å². The molecule has 2 N–H and O–H groups in total. The molecule has 1 amide bonds. The fourth-order valence-electron chi connectivity index (χ4n) is 3.62. The number of carbonyl (C=O) groups excluding carboxylic acids is 1. The number of aliphatic hydroxyl groups excluding tert-OH is 1. The first kappa shape index (κ1) is 28.1. The number of hydrogen-bond acceptors (Lipinski definition) is 2. The first-order valence-electron chi connectivity index (χ1n) is 12.3. The fraction of sp³-hybridized carbons (Fsp3) is 0.880. The monoisotopic (exact) mass is 411 g/mol. The third-order valence-electron chi connectivity index (χ3n) is 6.11. The van der Waals surface area contributed by atoms with Gasteiger partial charge in [-0.15, -0.1) is 0 Å². The van der Waals surface area contributed by atoms with E-state index in [-0.39, 0.29) is 18.2 Å². The van der Waals surface area contributed by atoms with Gasteiger partial charge < -0.3 is 14.9 Å². The van der Waals surface area contributed by atoms with Gasteiger partial charge in [-0.25, -0.2) is 0 Å². The SMILES string of the molecule is CCCCCC[C@@H](O)C/C=C\CCCCCCCC(=O)NC(CC)[N+](C)(C)CC. The summed E-state index contributed by atoms with van der Waals surface area (Å²) in [6.07, 6.45) is 19.6. The van der Waals surface area contributed by atoms with Crippen LogP contribution in [0.25, 0.3) is 0 Å². The molecule has 0 rings (SSSR count). The molecule has 0 bridgehead atoms. The molecule has 0 saturated carbocycles. The second-order valence-electron chi connectivity index (χ2n) is 9.10. The van der Waals surface area contributed by atoms with Crippen LogP contribution in [0.2, 0.25) is 0 Å². The Bertz CT molecular complexity index is 421. The van der Waals surface area contributed by atoms with Crippen LogP contribution in [0.3, 0.4) is 0 Å². The van der Waals surface area contributed by atoms with Crippen LogP contribution >= 0.6 is 0 Å². The first-order chi connectivity index (χ1) is 13.9. The molecule has 4 heteroatoms. The van der Waals surface area contributed by atoms with Crippen molar-refractivity contribution in [3.8, 4) is 0 Å². The largest absolute Gasteiger partial charge is 0.393 e. The standard InChI is InChI=1S/C25H50N2O2/c1-6-9-10-17-20-23(28)21-18-15-13-11-12-14-16-19-22-25(29)26-24(7-2)27(4,5)8-3/h15,18,23-24,28H,6-14,16-17,19-22H2,1-5H3/p+1/b18-15-/t23-,24?/m1/s1. The summed E-state index contributed by atoms with van der Waals surface area (Å²) in [5, 5.41) is 13.2. The van der Waals surface area contributed by atoms with Gasteiger partial charge in [-0.2, -0.15) is 0 Å². The number of rotatable bonds is 19. The molecular weight excluding hydrogens is 360 g/mol. The molecule has 172 valence electrons. The Balaban J connectivity index is 3.62. The van der Waals surface area contributed by atoms with Crippen molar-refractivity contribution >= 4 is 5.91 Å². The molecule has 0 aromatic carbocycles. The highest BCUT2D eigenvalue weighted by atomic mass is 16.3. The van der Waals surface area contributed by atoms with Crippen LogP contribution in [0.1, 0.15) is 111 Å². The summed E-state index contributed by atoms with van der Waals surface area (Å²) in [5.74, 6) is 0.202. The van der Waals surface area contributed by atoms with Gasteiger partial charge in [-0.3, -0.25) is 4.79 Å².